The van der Waals surface area contributed by atoms with Crippen LogP contribution in [0.1, 0.15) is 27.5 Å². The molecule has 1 aliphatic heterocycles. The van der Waals surface area contributed by atoms with Crippen LogP contribution in [0.15, 0.2) is 33.3 Å². The highest BCUT2D eigenvalue weighted by atomic mass is 79.9. The van der Waals surface area contributed by atoms with Crippen molar-refractivity contribution in [3.63, 3.8) is 0 Å². The molecule has 112 valence electrons. The van der Waals surface area contributed by atoms with Gasteiger partial charge in [0.2, 0.25) is 5.76 Å². The number of amides is 1. The van der Waals surface area contributed by atoms with Crippen molar-refractivity contribution >= 4 is 32.7 Å². The molecule has 3 heterocycles. The maximum absolute atomic E-state index is 12.5. The standard InChI is InChI=1S/C16H14BrN3O2/c1-9-7-14(22-19-9)16(21)20-6-5-13-11(8-20)10-3-2-4-12(17)15(10)18-13/h2-4,7,18H,5-6,8H2,1H3. The first-order valence-corrected chi connectivity index (χ1v) is 7.93. The van der Waals surface area contributed by atoms with Crippen LogP contribution in [0.2, 0.25) is 0 Å². The van der Waals surface area contributed by atoms with E-state index in [0.29, 0.717) is 18.8 Å². The number of carbonyl (C=O) groups excluding carboxylic acids is 1. The highest BCUT2D eigenvalue weighted by molar-refractivity contribution is 9.10. The molecule has 0 saturated heterocycles. The number of aryl methyl sites for hydroxylation is 1. The summed E-state index contributed by atoms with van der Waals surface area (Å²) in [7, 11) is 0. The van der Waals surface area contributed by atoms with E-state index in [9.17, 15) is 4.79 Å². The molecular formula is C16H14BrN3O2. The Morgan fingerprint density at radius 3 is 3.09 bits per heavy atom. The lowest BCUT2D eigenvalue weighted by molar-refractivity contribution is 0.0693. The zero-order valence-corrected chi connectivity index (χ0v) is 13.6. The van der Waals surface area contributed by atoms with Crippen molar-refractivity contribution in [1.82, 2.24) is 15.0 Å². The Balaban J connectivity index is 1.70. The van der Waals surface area contributed by atoms with Crippen molar-refractivity contribution < 1.29 is 9.32 Å². The summed E-state index contributed by atoms with van der Waals surface area (Å²) in [4.78, 5) is 17.8. The number of benzene rings is 1. The van der Waals surface area contributed by atoms with E-state index in [0.717, 1.165) is 27.5 Å². The molecule has 3 aromatic rings. The fraction of sp³-hybridized carbons (Fsp3) is 0.250. The number of H-pyrrole nitrogens is 1. The Morgan fingerprint density at radius 1 is 1.45 bits per heavy atom. The van der Waals surface area contributed by atoms with Gasteiger partial charge in [0.15, 0.2) is 0 Å². The number of rotatable bonds is 1. The molecule has 0 aliphatic carbocycles. The molecule has 0 fully saturated rings. The van der Waals surface area contributed by atoms with Crippen molar-refractivity contribution in [2.24, 2.45) is 0 Å². The quantitative estimate of drug-likeness (QED) is 0.723. The molecule has 22 heavy (non-hydrogen) atoms. The Hall–Kier alpha value is -2.08. The average Bonchev–Trinajstić information content (AvgIpc) is 3.11. The molecule has 0 bridgehead atoms. The second-order valence-electron chi connectivity index (χ2n) is 5.55. The van der Waals surface area contributed by atoms with Gasteiger partial charge < -0.3 is 14.4 Å². The third-order valence-electron chi connectivity index (χ3n) is 4.09. The number of para-hydroxylation sites is 1. The lowest BCUT2D eigenvalue weighted by Crippen LogP contribution is -2.35. The first-order valence-electron chi connectivity index (χ1n) is 7.14. The molecule has 1 N–H and O–H groups in total. The molecule has 0 atom stereocenters. The van der Waals surface area contributed by atoms with E-state index in [-0.39, 0.29) is 5.91 Å². The summed E-state index contributed by atoms with van der Waals surface area (Å²) in [6, 6.07) is 7.80. The van der Waals surface area contributed by atoms with Crippen molar-refractivity contribution in [1.29, 1.82) is 0 Å². The SMILES string of the molecule is Cc1cc(C(=O)N2CCc3[nH]c4c(Br)cccc4c3C2)on1. The third kappa shape index (κ3) is 2.06. The number of hydrogen-bond acceptors (Lipinski definition) is 3. The Morgan fingerprint density at radius 2 is 2.32 bits per heavy atom. The second-order valence-corrected chi connectivity index (χ2v) is 6.41. The number of nitrogens with zero attached hydrogens (tertiary/aromatic N) is 2. The van der Waals surface area contributed by atoms with Gasteiger partial charge in [0.05, 0.1) is 11.2 Å². The summed E-state index contributed by atoms with van der Waals surface area (Å²) in [6.45, 7) is 3.08. The predicted octanol–water partition coefficient (Wildman–Crippen LogP) is 3.43. The van der Waals surface area contributed by atoms with Gasteiger partial charge in [-0.15, -0.1) is 0 Å². The number of halogens is 1. The number of aromatic nitrogens is 2. The second kappa shape index (κ2) is 4.98. The van der Waals surface area contributed by atoms with E-state index in [1.54, 1.807) is 6.07 Å². The van der Waals surface area contributed by atoms with Gasteiger partial charge >= 0.3 is 0 Å². The van der Waals surface area contributed by atoms with Gasteiger partial charge in [-0.1, -0.05) is 17.3 Å². The third-order valence-corrected chi connectivity index (χ3v) is 4.75. The van der Waals surface area contributed by atoms with Crippen LogP contribution < -0.4 is 0 Å². The topological polar surface area (TPSA) is 62.1 Å². The smallest absolute Gasteiger partial charge is 0.292 e. The number of fused-ring (bicyclic) bond motifs is 3. The van der Waals surface area contributed by atoms with Gasteiger partial charge in [-0.2, -0.15) is 0 Å². The Bertz CT molecular complexity index is 881. The minimum atomic E-state index is -0.101. The van der Waals surface area contributed by atoms with Crippen LogP contribution in [0.5, 0.6) is 0 Å². The first kappa shape index (κ1) is 13.6. The van der Waals surface area contributed by atoms with Crippen LogP contribution in [0.4, 0.5) is 0 Å². The molecule has 0 spiro atoms. The number of hydrogen-bond donors (Lipinski definition) is 1. The molecule has 5 nitrogen and oxygen atoms in total. The zero-order chi connectivity index (χ0) is 15.3. The Kier molecular flexibility index (Phi) is 3.07. The summed E-state index contributed by atoms with van der Waals surface area (Å²) in [5, 5.41) is 4.96. The van der Waals surface area contributed by atoms with Gasteiger partial charge in [-0.05, 0) is 28.9 Å². The van der Waals surface area contributed by atoms with E-state index >= 15 is 0 Å². The lowest BCUT2D eigenvalue weighted by atomic mass is 10.0. The van der Waals surface area contributed by atoms with Crippen molar-refractivity contribution in [2.45, 2.75) is 19.9 Å². The maximum atomic E-state index is 12.5. The Labute approximate surface area is 135 Å². The molecule has 0 saturated carbocycles. The van der Waals surface area contributed by atoms with Gasteiger partial charge in [0, 0.05) is 46.7 Å². The van der Waals surface area contributed by atoms with Gasteiger partial charge in [0.1, 0.15) is 0 Å². The zero-order valence-electron chi connectivity index (χ0n) is 12.0. The fourth-order valence-corrected chi connectivity index (χ4v) is 3.46. The molecule has 1 aromatic carbocycles. The van der Waals surface area contributed by atoms with Crippen LogP contribution in [0, 0.1) is 6.92 Å². The minimum Gasteiger partial charge on any atom is -0.357 e. The highest BCUT2D eigenvalue weighted by Gasteiger charge is 2.27. The molecule has 4 rings (SSSR count). The molecule has 0 unspecified atom stereocenters. The number of nitrogens with one attached hydrogen (secondary N) is 1. The molecule has 6 heteroatoms. The summed E-state index contributed by atoms with van der Waals surface area (Å²) >= 11 is 3.57. The summed E-state index contributed by atoms with van der Waals surface area (Å²) in [6.07, 6.45) is 0.815. The fourth-order valence-electron chi connectivity index (χ4n) is 3.00. The maximum Gasteiger partial charge on any atom is 0.292 e. The minimum absolute atomic E-state index is 0.101. The van der Waals surface area contributed by atoms with E-state index in [2.05, 4.69) is 32.1 Å². The normalized spacial score (nSPS) is 14.4. The monoisotopic (exact) mass is 359 g/mol. The van der Waals surface area contributed by atoms with Crippen molar-refractivity contribution in [3.05, 3.63) is 51.4 Å². The lowest BCUT2D eigenvalue weighted by Gasteiger charge is -2.26. The predicted molar refractivity (Wildman–Crippen MR) is 85.7 cm³/mol. The molecule has 1 aliphatic rings. The van der Waals surface area contributed by atoms with Crippen LogP contribution in [0.3, 0.4) is 0 Å². The largest absolute Gasteiger partial charge is 0.357 e. The molecule has 1 amide bonds. The van der Waals surface area contributed by atoms with E-state index in [1.807, 2.05) is 24.0 Å². The van der Waals surface area contributed by atoms with Crippen LogP contribution >= 0.6 is 15.9 Å². The van der Waals surface area contributed by atoms with Gasteiger partial charge in [0.25, 0.3) is 5.91 Å². The number of aromatic amines is 1. The van der Waals surface area contributed by atoms with E-state index < -0.39 is 0 Å². The van der Waals surface area contributed by atoms with Crippen LogP contribution in [-0.2, 0) is 13.0 Å². The van der Waals surface area contributed by atoms with Crippen molar-refractivity contribution in [2.75, 3.05) is 6.54 Å². The summed E-state index contributed by atoms with van der Waals surface area (Å²) in [5.41, 5.74) is 4.21. The average molecular weight is 360 g/mol. The molecular weight excluding hydrogens is 346 g/mol. The highest BCUT2D eigenvalue weighted by Crippen LogP contribution is 2.32. The number of carbonyl (C=O) groups is 1. The molecule has 0 radical (unpaired) electrons. The summed E-state index contributed by atoms with van der Waals surface area (Å²) in [5.74, 6) is 0.206. The molecule has 2 aromatic heterocycles. The van der Waals surface area contributed by atoms with Crippen LogP contribution in [0.25, 0.3) is 10.9 Å². The first-order chi connectivity index (χ1) is 10.6. The van der Waals surface area contributed by atoms with Gasteiger partial charge in [-0.3, -0.25) is 4.79 Å². The van der Waals surface area contributed by atoms with Crippen molar-refractivity contribution in [3.8, 4) is 0 Å². The van der Waals surface area contributed by atoms with E-state index in [1.165, 1.54) is 11.3 Å². The van der Waals surface area contributed by atoms with Crippen LogP contribution in [-0.4, -0.2) is 27.5 Å². The van der Waals surface area contributed by atoms with E-state index in [4.69, 9.17) is 4.52 Å². The summed E-state index contributed by atoms with van der Waals surface area (Å²) < 4.78 is 6.14. The van der Waals surface area contributed by atoms with Gasteiger partial charge in [-0.25, -0.2) is 0 Å².